The zero-order chi connectivity index (χ0) is 14.7. The molecule has 2 rings (SSSR count). The second-order valence-corrected chi connectivity index (χ2v) is 5.33. The highest BCUT2D eigenvalue weighted by Crippen LogP contribution is 2.22. The molecular formula is C13H16ClN3O3. The van der Waals surface area contributed by atoms with E-state index in [1.807, 2.05) is 0 Å². The molecule has 0 radical (unpaired) electrons. The molecule has 7 heteroatoms. The number of hydrogen-bond donors (Lipinski definition) is 2. The van der Waals surface area contributed by atoms with Gasteiger partial charge in [0, 0.05) is 24.7 Å². The van der Waals surface area contributed by atoms with Crippen molar-refractivity contribution in [2.45, 2.75) is 38.4 Å². The maximum atomic E-state index is 11.7. The first-order valence-corrected chi connectivity index (χ1v) is 6.81. The number of nitrogens with zero attached hydrogens (tertiary/aromatic N) is 1. The predicted octanol–water partition coefficient (Wildman–Crippen LogP) is 2.00. The molecule has 1 unspecified atom stereocenters. The number of carbonyl (C=O) groups is 1. The first kappa shape index (κ1) is 14.7. The van der Waals surface area contributed by atoms with E-state index < -0.39 is 4.92 Å². The minimum Gasteiger partial charge on any atom is -0.352 e. The van der Waals surface area contributed by atoms with Crippen LogP contribution in [0.15, 0.2) is 18.2 Å². The maximum Gasteiger partial charge on any atom is 0.270 e. The van der Waals surface area contributed by atoms with Crippen molar-refractivity contribution in [2.75, 3.05) is 0 Å². The maximum absolute atomic E-state index is 11.7. The molecule has 6 nitrogen and oxygen atoms in total. The fourth-order valence-corrected chi connectivity index (χ4v) is 1.94. The van der Waals surface area contributed by atoms with Crippen LogP contribution in [0.5, 0.6) is 0 Å². The van der Waals surface area contributed by atoms with E-state index in [0.29, 0.717) is 17.6 Å². The number of amides is 1. The largest absolute Gasteiger partial charge is 0.352 e. The van der Waals surface area contributed by atoms with Gasteiger partial charge in [0.1, 0.15) is 0 Å². The van der Waals surface area contributed by atoms with Gasteiger partial charge in [0.05, 0.1) is 16.0 Å². The van der Waals surface area contributed by atoms with Crippen LogP contribution in [-0.4, -0.2) is 22.9 Å². The van der Waals surface area contributed by atoms with Gasteiger partial charge in [-0.15, -0.1) is 0 Å². The number of nitro groups is 1. The standard InChI is InChI=1S/C13H16ClN3O3/c1-8(13(18)16-10-3-4-10)15-7-9-2-5-11(17(19)20)6-12(9)14/h2,5-6,8,10,15H,3-4,7H2,1H3,(H,16,18). The van der Waals surface area contributed by atoms with Crippen molar-refractivity contribution in [1.82, 2.24) is 10.6 Å². The SMILES string of the molecule is CC(NCc1ccc([N+](=O)[O-])cc1Cl)C(=O)NC1CC1. The lowest BCUT2D eigenvalue weighted by Gasteiger charge is -2.14. The summed E-state index contributed by atoms with van der Waals surface area (Å²) in [5, 5.41) is 16.9. The summed E-state index contributed by atoms with van der Waals surface area (Å²) in [4.78, 5) is 21.9. The number of hydrogen-bond acceptors (Lipinski definition) is 4. The van der Waals surface area contributed by atoms with Crippen LogP contribution in [0, 0.1) is 10.1 Å². The van der Waals surface area contributed by atoms with Crippen molar-refractivity contribution < 1.29 is 9.72 Å². The van der Waals surface area contributed by atoms with E-state index in [-0.39, 0.29) is 17.6 Å². The molecule has 0 heterocycles. The highest BCUT2D eigenvalue weighted by molar-refractivity contribution is 6.31. The van der Waals surface area contributed by atoms with Crippen molar-refractivity contribution in [1.29, 1.82) is 0 Å². The first-order valence-electron chi connectivity index (χ1n) is 6.44. The Morgan fingerprint density at radius 3 is 2.80 bits per heavy atom. The topological polar surface area (TPSA) is 84.3 Å². The van der Waals surface area contributed by atoms with Crippen molar-refractivity contribution in [3.05, 3.63) is 38.9 Å². The number of nitro benzene ring substituents is 1. The van der Waals surface area contributed by atoms with Crippen LogP contribution in [0.25, 0.3) is 0 Å². The second kappa shape index (κ2) is 6.19. The van der Waals surface area contributed by atoms with Gasteiger partial charge in [-0.2, -0.15) is 0 Å². The summed E-state index contributed by atoms with van der Waals surface area (Å²) in [6, 6.07) is 4.31. The van der Waals surface area contributed by atoms with E-state index in [1.165, 1.54) is 12.1 Å². The summed E-state index contributed by atoms with van der Waals surface area (Å²) in [7, 11) is 0. The van der Waals surface area contributed by atoms with Gasteiger partial charge >= 0.3 is 0 Å². The third kappa shape index (κ3) is 3.91. The van der Waals surface area contributed by atoms with Gasteiger partial charge in [-0.25, -0.2) is 0 Å². The molecular weight excluding hydrogens is 282 g/mol. The molecule has 0 spiro atoms. The molecule has 1 aliphatic carbocycles. The van der Waals surface area contributed by atoms with Crippen molar-refractivity contribution >= 4 is 23.2 Å². The first-order chi connectivity index (χ1) is 9.47. The molecule has 1 amide bonds. The summed E-state index contributed by atoms with van der Waals surface area (Å²) in [6.07, 6.45) is 2.10. The monoisotopic (exact) mass is 297 g/mol. The Morgan fingerprint density at radius 1 is 1.55 bits per heavy atom. The summed E-state index contributed by atoms with van der Waals surface area (Å²) in [6.45, 7) is 2.16. The summed E-state index contributed by atoms with van der Waals surface area (Å²) in [5.74, 6) is -0.0365. The lowest BCUT2D eigenvalue weighted by atomic mass is 10.2. The van der Waals surface area contributed by atoms with Crippen LogP contribution in [-0.2, 0) is 11.3 Å². The number of nitrogens with one attached hydrogen (secondary N) is 2. The van der Waals surface area contributed by atoms with E-state index in [2.05, 4.69) is 10.6 Å². The van der Waals surface area contributed by atoms with Gasteiger partial charge < -0.3 is 10.6 Å². The molecule has 1 aliphatic rings. The number of halogens is 1. The molecule has 1 aromatic carbocycles. The Labute approximate surface area is 121 Å². The van der Waals surface area contributed by atoms with Crippen LogP contribution in [0.2, 0.25) is 5.02 Å². The minimum absolute atomic E-state index is 0.0365. The molecule has 1 atom stereocenters. The average molecular weight is 298 g/mol. The van der Waals surface area contributed by atoms with E-state index in [9.17, 15) is 14.9 Å². The quantitative estimate of drug-likeness (QED) is 0.621. The summed E-state index contributed by atoms with van der Waals surface area (Å²) >= 11 is 5.99. The zero-order valence-electron chi connectivity index (χ0n) is 11.1. The summed E-state index contributed by atoms with van der Waals surface area (Å²) in [5.41, 5.74) is 0.682. The van der Waals surface area contributed by atoms with Crippen LogP contribution < -0.4 is 10.6 Å². The fraction of sp³-hybridized carbons (Fsp3) is 0.462. The molecule has 1 saturated carbocycles. The fourth-order valence-electron chi connectivity index (χ4n) is 1.70. The Bertz CT molecular complexity index is 532. The molecule has 0 aromatic heterocycles. The highest BCUT2D eigenvalue weighted by atomic mass is 35.5. The molecule has 0 saturated heterocycles. The third-order valence-electron chi connectivity index (χ3n) is 3.16. The van der Waals surface area contributed by atoms with Crippen molar-refractivity contribution in [3.8, 4) is 0 Å². The van der Waals surface area contributed by atoms with E-state index in [0.717, 1.165) is 18.4 Å². The lowest BCUT2D eigenvalue weighted by Crippen LogP contribution is -2.42. The summed E-state index contributed by atoms with van der Waals surface area (Å²) < 4.78 is 0. The molecule has 0 bridgehead atoms. The molecule has 1 aromatic rings. The van der Waals surface area contributed by atoms with Gasteiger partial charge in [0.2, 0.25) is 5.91 Å². The molecule has 0 aliphatic heterocycles. The van der Waals surface area contributed by atoms with E-state index in [4.69, 9.17) is 11.6 Å². The Kier molecular flexibility index (Phi) is 4.57. The van der Waals surface area contributed by atoms with Crippen LogP contribution >= 0.6 is 11.6 Å². The van der Waals surface area contributed by atoms with Crippen LogP contribution in [0.1, 0.15) is 25.3 Å². The highest BCUT2D eigenvalue weighted by Gasteiger charge is 2.25. The Balaban J connectivity index is 1.89. The molecule has 1 fully saturated rings. The number of non-ortho nitro benzene ring substituents is 1. The minimum atomic E-state index is -0.491. The molecule has 2 N–H and O–H groups in total. The lowest BCUT2D eigenvalue weighted by molar-refractivity contribution is -0.384. The van der Waals surface area contributed by atoms with Gasteiger partial charge in [0.15, 0.2) is 0 Å². The number of carbonyl (C=O) groups excluding carboxylic acids is 1. The third-order valence-corrected chi connectivity index (χ3v) is 3.52. The molecule has 108 valence electrons. The predicted molar refractivity (Wildman–Crippen MR) is 75.6 cm³/mol. The van der Waals surface area contributed by atoms with E-state index in [1.54, 1.807) is 13.0 Å². The van der Waals surface area contributed by atoms with Gasteiger partial charge in [-0.05, 0) is 31.4 Å². The average Bonchev–Trinajstić information content (AvgIpc) is 3.20. The second-order valence-electron chi connectivity index (χ2n) is 4.92. The zero-order valence-corrected chi connectivity index (χ0v) is 11.8. The van der Waals surface area contributed by atoms with Crippen molar-refractivity contribution in [3.63, 3.8) is 0 Å². The Hall–Kier alpha value is -1.66. The van der Waals surface area contributed by atoms with Crippen LogP contribution in [0.4, 0.5) is 5.69 Å². The van der Waals surface area contributed by atoms with E-state index >= 15 is 0 Å². The van der Waals surface area contributed by atoms with Crippen LogP contribution in [0.3, 0.4) is 0 Å². The smallest absolute Gasteiger partial charge is 0.270 e. The number of benzene rings is 1. The normalized spacial score (nSPS) is 15.7. The van der Waals surface area contributed by atoms with Gasteiger partial charge in [-0.3, -0.25) is 14.9 Å². The Morgan fingerprint density at radius 2 is 2.25 bits per heavy atom. The van der Waals surface area contributed by atoms with Gasteiger partial charge in [-0.1, -0.05) is 11.6 Å². The molecule has 20 heavy (non-hydrogen) atoms. The van der Waals surface area contributed by atoms with Gasteiger partial charge in [0.25, 0.3) is 5.69 Å². The van der Waals surface area contributed by atoms with Crippen molar-refractivity contribution in [2.24, 2.45) is 0 Å². The number of rotatable bonds is 6.